The number of amides is 2. The van der Waals surface area contributed by atoms with Gasteiger partial charge in [0.05, 0.1) is 13.2 Å². The van der Waals surface area contributed by atoms with Crippen molar-refractivity contribution in [2.45, 2.75) is 26.3 Å². The lowest BCUT2D eigenvalue weighted by atomic mass is 10.2. The molecule has 7 heteroatoms. The molecule has 1 rings (SSSR count). The fourth-order valence-electron chi connectivity index (χ4n) is 2.10. The summed E-state index contributed by atoms with van der Waals surface area (Å²) in [5.41, 5.74) is 7.48. The second kappa shape index (κ2) is 11.0. The van der Waals surface area contributed by atoms with Crippen molar-refractivity contribution in [3.8, 4) is 0 Å². The van der Waals surface area contributed by atoms with Gasteiger partial charge >= 0.3 is 0 Å². The molecule has 1 unspecified atom stereocenters. The van der Waals surface area contributed by atoms with Crippen LogP contribution in [0.4, 0.5) is 5.69 Å². The second-order valence-electron chi connectivity index (χ2n) is 5.18. The van der Waals surface area contributed by atoms with Crippen LogP contribution in [-0.2, 0) is 14.3 Å². The highest BCUT2D eigenvalue weighted by Crippen LogP contribution is 2.13. The molecule has 6 nitrogen and oxygen atoms in total. The quantitative estimate of drug-likeness (QED) is 0.750. The van der Waals surface area contributed by atoms with Gasteiger partial charge in [-0.05, 0) is 25.0 Å². The molecule has 0 spiro atoms. The van der Waals surface area contributed by atoms with Gasteiger partial charge in [-0.25, -0.2) is 0 Å². The summed E-state index contributed by atoms with van der Waals surface area (Å²) in [7, 11) is 1.49. The Morgan fingerprint density at radius 2 is 2.00 bits per heavy atom. The smallest absolute Gasteiger partial charge is 0.244 e. The van der Waals surface area contributed by atoms with E-state index < -0.39 is 6.04 Å². The Morgan fingerprint density at radius 1 is 1.35 bits per heavy atom. The minimum Gasteiger partial charge on any atom is -0.383 e. The number of carbonyl (C=O) groups excluding carboxylic acids is 2. The molecule has 0 aliphatic rings. The van der Waals surface area contributed by atoms with Gasteiger partial charge in [-0.2, -0.15) is 0 Å². The fraction of sp³-hybridized carbons (Fsp3) is 0.500. The zero-order valence-electron chi connectivity index (χ0n) is 13.9. The molecular formula is C16H26ClN3O3. The molecule has 0 aliphatic heterocycles. The lowest BCUT2D eigenvalue weighted by Crippen LogP contribution is -2.48. The maximum atomic E-state index is 12.2. The van der Waals surface area contributed by atoms with E-state index in [9.17, 15) is 9.59 Å². The van der Waals surface area contributed by atoms with E-state index >= 15 is 0 Å². The van der Waals surface area contributed by atoms with Crippen LogP contribution >= 0.6 is 12.4 Å². The Balaban J connectivity index is 0.00000484. The molecule has 1 aromatic rings. The van der Waals surface area contributed by atoms with Gasteiger partial charge in [-0.15, -0.1) is 12.4 Å². The van der Waals surface area contributed by atoms with Crippen molar-refractivity contribution < 1.29 is 14.3 Å². The van der Waals surface area contributed by atoms with Crippen LogP contribution in [0.5, 0.6) is 0 Å². The fourth-order valence-corrected chi connectivity index (χ4v) is 2.10. The van der Waals surface area contributed by atoms with Crippen molar-refractivity contribution in [1.29, 1.82) is 0 Å². The van der Waals surface area contributed by atoms with E-state index in [1.165, 1.54) is 12.0 Å². The second-order valence-corrected chi connectivity index (χ2v) is 5.18. The first-order chi connectivity index (χ1) is 10.5. The molecule has 0 aromatic heterocycles. The number of hydrogen-bond donors (Lipinski definition) is 2. The van der Waals surface area contributed by atoms with Crippen LogP contribution < -0.4 is 11.1 Å². The zero-order valence-corrected chi connectivity index (χ0v) is 14.7. The molecule has 0 saturated carbocycles. The molecule has 0 radical (unpaired) electrons. The highest BCUT2D eigenvalue weighted by molar-refractivity contribution is 5.95. The van der Waals surface area contributed by atoms with Crippen molar-refractivity contribution in [3.05, 3.63) is 29.8 Å². The average Bonchev–Trinajstić information content (AvgIpc) is 2.48. The number of hydrogen-bond acceptors (Lipinski definition) is 4. The molecular weight excluding hydrogens is 318 g/mol. The maximum Gasteiger partial charge on any atom is 0.244 e. The van der Waals surface area contributed by atoms with Gasteiger partial charge in [0.1, 0.15) is 6.04 Å². The summed E-state index contributed by atoms with van der Waals surface area (Å²) in [5.74, 6) is -0.510. The van der Waals surface area contributed by atoms with Crippen molar-refractivity contribution in [2.75, 3.05) is 32.1 Å². The van der Waals surface area contributed by atoms with E-state index in [-0.39, 0.29) is 37.4 Å². The number of nitrogens with one attached hydrogen (secondary N) is 1. The predicted octanol–water partition coefficient (Wildman–Crippen LogP) is 1.57. The normalized spacial score (nSPS) is 11.3. The number of nitrogens with two attached hydrogens (primary N) is 1. The summed E-state index contributed by atoms with van der Waals surface area (Å²) in [5, 5.41) is 2.82. The Morgan fingerprint density at radius 3 is 2.57 bits per heavy atom. The summed E-state index contributed by atoms with van der Waals surface area (Å²) in [4.78, 5) is 25.8. The lowest BCUT2D eigenvalue weighted by molar-refractivity contribution is -0.136. The molecule has 0 aliphatic carbocycles. The standard InChI is InChI=1S/C16H25N3O3.ClH/c1-4-9-19(16(21)13(17)11-22-3)10-15(20)18-14-8-6-5-7-12(14)2;/h5-8,13H,4,9-11,17H2,1-3H3,(H,18,20);1H. The first-order valence-corrected chi connectivity index (χ1v) is 7.38. The van der Waals surface area contributed by atoms with E-state index in [0.29, 0.717) is 6.54 Å². The number of nitrogens with zero attached hydrogens (tertiary/aromatic N) is 1. The SMILES string of the molecule is CCCN(CC(=O)Nc1ccccc1C)C(=O)C(N)COC.Cl. The third kappa shape index (κ3) is 6.99. The van der Waals surface area contributed by atoms with Crippen molar-refractivity contribution in [2.24, 2.45) is 5.73 Å². The number of benzene rings is 1. The minimum absolute atomic E-state index is 0. The van der Waals surface area contributed by atoms with Crippen molar-refractivity contribution in [3.63, 3.8) is 0 Å². The number of aryl methyl sites for hydroxylation is 1. The number of carbonyl (C=O) groups is 2. The first kappa shape index (κ1) is 21.4. The third-order valence-corrected chi connectivity index (χ3v) is 3.22. The van der Waals surface area contributed by atoms with Gasteiger partial charge < -0.3 is 20.7 Å². The summed E-state index contributed by atoms with van der Waals surface area (Å²) < 4.78 is 4.90. The Hall–Kier alpha value is -1.63. The predicted molar refractivity (Wildman–Crippen MR) is 93.8 cm³/mol. The zero-order chi connectivity index (χ0) is 16.5. The van der Waals surface area contributed by atoms with Crippen LogP contribution in [-0.4, -0.2) is 49.6 Å². The van der Waals surface area contributed by atoms with E-state index in [4.69, 9.17) is 10.5 Å². The average molecular weight is 344 g/mol. The molecule has 0 saturated heterocycles. The Labute approximate surface area is 143 Å². The number of rotatable bonds is 8. The van der Waals surface area contributed by atoms with Crippen LogP contribution in [0, 0.1) is 6.92 Å². The highest BCUT2D eigenvalue weighted by atomic mass is 35.5. The number of anilines is 1. The summed E-state index contributed by atoms with van der Waals surface area (Å²) in [6.45, 7) is 4.47. The summed E-state index contributed by atoms with van der Waals surface area (Å²) in [6.07, 6.45) is 0.753. The Bertz CT molecular complexity index is 511. The summed E-state index contributed by atoms with van der Waals surface area (Å²) >= 11 is 0. The number of halogens is 1. The molecule has 0 bridgehead atoms. The number of methoxy groups -OCH3 is 1. The van der Waals surface area contributed by atoms with Crippen LogP contribution in [0.3, 0.4) is 0 Å². The molecule has 0 heterocycles. The molecule has 3 N–H and O–H groups in total. The van der Waals surface area contributed by atoms with Crippen LogP contribution in [0.25, 0.3) is 0 Å². The molecule has 1 aromatic carbocycles. The maximum absolute atomic E-state index is 12.2. The third-order valence-electron chi connectivity index (χ3n) is 3.22. The number of ether oxygens (including phenoxy) is 1. The highest BCUT2D eigenvalue weighted by Gasteiger charge is 2.22. The molecule has 130 valence electrons. The number of para-hydroxylation sites is 1. The van der Waals surface area contributed by atoms with E-state index in [1.807, 2.05) is 38.1 Å². The monoisotopic (exact) mass is 343 g/mol. The summed E-state index contributed by atoms with van der Waals surface area (Å²) in [6, 6.07) is 6.76. The first-order valence-electron chi connectivity index (χ1n) is 7.38. The van der Waals surface area contributed by atoms with Crippen molar-refractivity contribution in [1.82, 2.24) is 4.90 Å². The van der Waals surface area contributed by atoms with E-state index in [0.717, 1.165) is 17.7 Å². The molecule has 0 fully saturated rings. The van der Waals surface area contributed by atoms with Crippen molar-refractivity contribution >= 4 is 29.9 Å². The topological polar surface area (TPSA) is 84.7 Å². The molecule has 23 heavy (non-hydrogen) atoms. The van der Waals surface area contributed by atoms with E-state index in [2.05, 4.69) is 5.32 Å². The van der Waals surface area contributed by atoms with Gasteiger partial charge in [0.15, 0.2) is 0 Å². The van der Waals surface area contributed by atoms with E-state index in [1.54, 1.807) is 0 Å². The minimum atomic E-state index is -0.747. The largest absolute Gasteiger partial charge is 0.383 e. The van der Waals surface area contributed by atoms with Gasteiger partial charge in [-0.1, -0.05) is 25.1 Å². The van der Waals surface area contributed by atoms with Gasteiger partial charge in [0, 0.05) is 19.3 Å². The van der Waals surface area contributed by atoms with Crippen LogP contribution in [0.2, 0.25) is 0 Å². The van der Waals surface area contributed by atoms with Gasteiger partial charge in [0.2, 0.25) is 11.8 Å². The van der Waals surface area contributed by atoms with Gasteiger partial charge in [0.25, 0.3) is 0 Å². The van der Waals surface area contributed by atoms with Crippen LogP contribution in [0.15, 0.2) is 24.3 Å². The lowest BCUT2D eigenvalue weighted by Gasteiger charge is -2.24. The molecule has 2 amide bonds. The van der Waals surface area contributed by atoms with Gasteiger partial charge in [-0.3, -0.25) is 9.59 Å². The Kier molecular flexibility index (Phi) is 10.2. The van der Waals surface area contributed by atoms with Crippen LogP contribution in [0.1, 0.15) is 18.9 Å². The molecule has 1 atom stereocenters.